The summed E-state index contributed by atoms with van der Waals surface area (Å²) in [4.78, 5) is 0. The third-order valence-corrected chi connectivity index (χ3v) is 2.06. The molecular weight excluding hydrogens is 239 g/mol. The molecule has 0 nitrogen and oxygen atoms in total. The Morgan fingerprint density at radius 3 is 2.13 bits per heavy atom. The van der Waals surface area contributed by atoms with Crippen LogP contribution in [-0.2, 0) is 12.1 Å². The number of halogens is 6. The summed E-state index contributed by atoms with van der Waals surface area (Å²) < 4.78 is 61.3. The van der Waals surface area contributed by atoms with Crippen molar-refractivity contribution < 1.29 is 22.0 Å². The first-order valence-electron chi connectivity index (χ1n) is 3.89. The molecule has 0 aliphatic heterocycles. The smallest absolute Gasteiger partial charge is 0.205 e. The molecule has 0 spiro atoms. The highest BCUT2D eigenvalue weighted by Crippen LogP contribution is 2.33. The summed E-state index contributed by atoms with van der Waals surface area (Å²) in [5, 5.41) is 0. The topological polar surface area (TPSA) is 0 Å². The first kappa shape index (κ1) is 12.2. The van der Waals surface area contributed by atoms with Crippen molar-refractivity contribution in [3.05, 3.63) is 34.9 Å². The van der Waals surface area contributed by atoms with Crippen molar-refractivity contribution in [2.45, 2.75) is 18.5 Å². The molecule has 0 heterocycles. The van der Waals surface area contributed by atoms with Gasteiger partial charge in [-0.1, -0.05) is 0 Å². The Balaban J connectivity index is 3.23. The van der Waals surface area contributed by atoms with Crippen molar-refractivity contribution >= 4 is 11.6 Å². The van der Waals surface area contributed by atoms with Gasteiger partial charge < -0.3 is 0 Å². The normalized spacial score (nSPS) is 12.2. The molecule has 0 fully saturated rings. The molecule has 0 aromatic heterocycles. The SMILES string of the molecule is FC(F)c1cc(CCl)cc(C(F)(F)F)c1. The molecular formula is C9H6ClF5. The van der Waals surface area contributed by atoms with Gasteiger partial charge in [0.2, 0.25) is 0 Å². The quantitative estimate of drug-likeness (QED) is 0.535. The molecule has 0 bridgehead atoms. The lowest BCUT2D eigenvalue weighted by atomic mass is 10.1. The Labute approximate surface area is 87.7 Å². The number of hydrogen-bond donors (Lipinski definition) is 0. The first-order valence-corrected chi connectivity index (χ1v) is 4.43. The standard InChI is InChI=1S/C9H6ClF5/c10-4-5-1-6(8(11)12)3-7(2-5)9(13,14)15/h1-3,8H,4H2. The zero-order valence-electron chi connectivity index (χ0n) is 7.28. The zero-order valence-corrected chi connectivity index (χ0v) is 8.04. The van der Waals surface area contributed by atoms with Crippen molar-refractivity contribution in [1.82, 2.24) is 0 Å². The van der Waals surface area contributed by atoms with Gasteiger partial charge in [-0.3, -0.25) is 0 Å². The van der Waals surface area contributed by atoms with E-state index in [1.54, 1.807) is 0 Å². The number of hydrogen-bond acceptors (Lipinski definition) is 0. The van der Waals surface area contributed by atoms with Crippen molar-refractivity contribution in [2.75, 3.05) is 0 Å². The second kappa shape index (κ2) is 4.35. The Morgan fingerprint density at radius 2 is 1.73 bits per heavy atom. The maximum Gasteiger partial charge on any atom is 0.416 e. The fourth-order valence-electron chi connectivity index (χ4n) is 1.09. The summed E-state index contributed by atoms with van der Waals surface area (Å²) >= 11 is 5.31. The monoisotopic (exact) mass is 244 g/mol. The van der Waals surface area contributed by atoms with Gasteiger partial charge in [-0.2, -0.15) is 13.2 Å². The molecule has 0 saturated carbocycles. The van der Waals surface area contributed by atoms with Crippen LogP contribution in [0.25, 0.3) is 0 Å². The van der Waals surface area contributed by atoms with Crippen LogP contribution in [0.2, 0.25) is 0 Å². The highest BCUT2D eigenvalue weighted by atomic mass is 35.5. The van der Waals surface area contributed by atoms with Gasteiger partial charge in [0.05, 0.1) is 5.56 Å². The number of benzene rings is 1. The summed E-state index contributed by atoms with van der Waals surface area (Å²) in [7, 11) is 0. The van der Waals surface area contributed by atoms with E-state index < -0.39 is 23.7 Å². The first-order chi connectivity index (χ1) is 6.84. The molecule has 0 unspecified atom stereocenters. The molecule has 0 aliphatic rings. The molecule has 0 saturated heterocycles. The van der Waals surface area contributed by atoms with Gasteiger partial charge in [0, 0.05) is 11.4 Å². The van der Waals surface area contributed by atoms with Gasteiger partial charge in [-0.05, 0) is 23.8 Å². The van der Waals surface area contributed by atoms with E-state index in [1.807, 2.05) is 0 Å². The van der Waals surface area contributed by atoms with Crippen molar-refractivity contribution in [1.29, 1.82) is 0 Å². The van der Waals surface area contributed by atoms with E-state index in [4.69, 9.17) is 11.6 Å². The second-order valence-corrected chi connectivity index (χ2v) is 3.16. The van der Waals surface area contributed by atoms with E-state index in [9.17, 15) is 22.0 Å². The summed E-state index contributed by atoms with van der Waals surface area (Å²) in [6.45, 7) is 0. The predicted molar refractivity (Wildman–Crippen MR) is 46.0 cm³/mol. The Hall–Kier alpha value is -0.840. The van der Waals surface area contributed by atoms with Crippen molar-refractivity contribution in [2.24, 2.45) is 0 Å². The molecule has 1 aromatic carbocycles. The predicted octanol–water partition coefficient (Wildman–Crippen LogP) is 4.38. The van der Waals surface area contributed by atoms with E-state index in [0.29, 0.717) is 6.07 Å². The summed E-state index contributed by atoms with van der Waals surface area (Å²) in [6, 6.07) is 2.16. The van der Waals surface area contributed by atoms with Crippen LogP contribution in [0.5, 0.6) is 0 Å². The Bertz CT molecular complexity index is 345. The lowest BCUT2D eigenvalue weighted by Gasteiger charge is -2.10. The molecule has 0 N–H and O–H groups in total. The largest absolute Gasteiger partial charge is 0.416 e. The van der Waals surface area contributed by atoms with E-state index in [1.165, 1.54) is 0 Å². The minimum absolute atomic E-state index is 0.0294. The van der Waals surface area contributed by atoms with E-state index in [-0.39, 0.29) is 11.4 Å². The van der Waals surface area contributed by atoms with Gasteiger partial charge in [0.25, 0.3) is 6.43 Å². The third kappa shape index (κ3) is 3.06. The van der Waals surface area contributed by atoms with Crippen LogP contribution in [0.4, 0.5) is 22.0 Å². The molecule has 0 radical (unpaired) electrons. The Morgan fingerprint density at radius 1 is 1.13 bits per heavy atom. The van der Waals surface area contributed by atoms with Crippen LogP contribution in [0.1, 0.15) is 23.1 Å². The summed E-state index contributed by atoms with van der Waals surface area (Å²) in [5.41, 5.74) is -1.74. The third-order valence-electron chi connectivity index (χ3n) is 1.75. The fraction of sp³-hybridized carbons (Fsp3) is 0.333. The number of alkyl halides is 6. The minimum atomic E-state index is -4.63. The molecule has 0 aliphatic carbocycles. The Kier molecular flexibility index (Phi) is 3.54. The maximum atomic E-state index is 12.3. The molecule has 0 atom stereocenters. The average molecular weight is 245 g/mol. The molecule has 1 aromatic rings. The van der Waals surface area contributed by atoms with Gasteiger partial charge in [-0.25, -0.2) is 8.78 Å². The van der Waals surface area contributed by atoms with E-state index in [0.717, 1.165) is 12.1 Å². The van der Waals surface area contributed by atoms with Crippen LogP contribution in [0.3, 0.4) is 0 Å². The summed E-state index contributed by atoms with van der Waals surface area (Å²) in [5.74, 6) is -0.233. The highest BCUT2D eigenvalue weighted by Gasteiger charge is 2.31. The van der Waals surface area contributed by atoms with Crippen molar-refractivity contribution in [3.8, 4) is 0 Å². The van der Waals surface area contributed by atoms with Crippen LogP contribution in [0, 0.1) is 0 Å². The lowest BCUT2D eigenvalue weighted by molar-refractivity contribution is -0.137. The maximum absolute atomic E-state index is 12.3. The van der Waals surface area contributed by atoms with Gasteiger partial charge in [0.1, 0.15) is 0 Å². The zero-order chi connectivity index (χ0) is 11.6. The van der Waals surface area contributed by atoms with Crippen LogP contribution in [0.15, 0.2) is 18.2 Å². The molecule has 84 valence electrons. The molecule has 0 amide bonds. The second-order valence-electron chi connectivity index (χ2n) is 2.90. The molecule has 15 heavy (non-hydrogen) atoms. The summed E-state index contributed by atoms with van der Waals surface area (Å²) in [6.07, 6.45) is -7.57. The van der Waals surface area contributed by atoms with Gasteiger partial charge in [0.15, 0.2) is 0 Å². The lowest BCUT2D eigenvalue weighted by Crippen LogP contribution is -2.06. The van der Waals surface area contributed by atoms with Gasteiger partial charge in [-0.15, -0.1) is 11.6 Å². The molecule has 1 rings (SSSR count). The fourth-order valence-corrected chi connectivity index (χ4v) is 1.24. The van der Waals surface area contributed by atoms with Gasteiger partial charge >= 0.3 is 6.18 Å². The van der Waals surface area contributed by atoms with Crippen LogP contribution in [-0.4, -0.2) is 0 Å². The minimum Gasteiger partial charge on any atom is -0.205 e. The average Bonchev–Trinajstić information content (AvgIpc) is 2.15. The molecule has 6 heteroatoms. The van der Waals surface area contributed by atoms with E-state index in [2.05, 4.69) is 0 Å². The highest BCUT2D eigenvalue weighted by molar-refractivity contribution is 6.17. The van der Waals surface area contributed by atoms with Crippen LogP contribution >= 0.6 is 11.6 Å². The van der Waals surface area contributed by atoms with Crippen molar-refractivity contribution in [3.63, 3.8) is 0 Å². The number of rotatable bonds is 2. The van der Waals surface area contributed by atoms with Crippen LogP contribution < -0.4 is 0 Å². The van der Waals surface area contributed by atoms with E-state index >= 15 is 0 Å².